The molecule has 5 nitrogen and oxygen atoms in total. The second-order valence-electron chi connectivity index (χ2n) is 6.34. The largest absolute Gasteiger partial charge is 0.504 e. The molecule has 0 aromatic heterocycles. The van der Waals surface area contributed by atoms with Gasteiger partial charge in [0, 0.05) is 5.56 Å². The van der Waals surface area contributed by atoms with E-state index in [1.807, 2.05) is 18.2 Å². The molecule has 0 spiro atoms. The third-order valence-corrected chi connectivity index (χ3v) is 4.47. The maximum Gasteiger partial charge on any atom is 0.185 e. The number of allylic oxidation sites excluding steroid dienone is 1. The van der Waals surface area contributed by atoms with Crippen LogP contribution in [0.1, 0.15) is 41.6 Å². The summed E-state index contributed by atoms with van der Waals surface area (Å²) in [4.78, 5) is 12.2. The van der Waals surface area contributed by atoms with Crippen LogP contribution >= 0.6 is 0 Å². The minimum atomic E-state index is -0.319. The molecule has 2 N–H and O–H groups in total. The zero-order chi connectivity index (χ0) is 18.5. The predicted molar refractivity (Wildman–Crippen MR) is 99.0 cm³/mol. The Bertz CT molecular complexity index is 819. The highest BCUT2D eigenvalue weighted by Gasteiger charge is 2.18. The fourth-order valence-electron chi connectivity index (χ4n) is 3.02. The van der Waals surface area contributed by atoms with Gasteiger partial charge in [0.15, 0.2) is 28.8 Å². The van der Waals surface area contributed by atoms with E-state index in [1.165, 1.54) is 37.1 Å². The van der Waals surface area contributed by atoms with Gasteiger partial charge in [-0.2, -0.15) is 0 Å². The van der Waals surface area contributed by atoms with Crippen molar-refractivity contribution in [3.8, 4) is 23.0 Å². The average Bonchev–Trinajstić information content (AvgIpc) is 3.15. The Balaban J connectivity index is 1.76. The quantitative estimate of drug-likeness (QED) is 0.459. The number of aromatic hydroxyl groups is 2. The minimum absolute atomic E-state index is 0.213. The molecule has 0 atom stereocenters. The molecule has 0 amide bonds. The number of carbonyl (C=O) groups is 1. The van der Waals surface area contributed by atoms with E-state index in [0.717, 1.165) is 18.4 Å². The number of phenols is 2. The number of hydrogen-bond donors (Lipinski definition) is 2. The van der Waals surface area contributed by atoms with Gasteiger partial charge in [-0.1, -0.05) is 12.1 Å². The summed E-state index contributed by atoms with van der Waals surface area (Å²) in [5.41, 5.74) is 1.11. The van der Waals surface area contributed by atoms with Crippen molar-refractivity contribution < 1.29 is 24.5 Å². The van der Waals surface area contributed by atoms with Crippen LogP contribution in [0.2, 0.25) is 0 Å². The Morgan fingerprint density at radius 3 is 2.50 bits per heavy atom. The Morgan fingerprint density at radius 2 is 1.81 bits per heavy atom. The van der Waals surface area contributed by atoms with Crippen LogP contribution in [0.25, 0.3) is 6.08 Å². The van der Waals surface area contributed by atoms with Gasteiger partial charge in [-0.05, 0) is 67.7 Å². The number of ether oxygens (including phenoxy) is 2. The van der Waals surface area contributed by atoms with Crippen molar-refractivity contribution >= 4 is 11.9 Å². The van der Waals surface area contributed by atoms with Gasteiger partial charge in [0.25, 0.3) is 0 Å². The van der Waals surface area contributed by atoms with E-state index in [0.29, 0.717) is 17.1 Å². The first-order valence-electron chi connectivity index (χ1n) is 8.66. The lowest BCUT2D eigenvalue weighted by Crippen LogP contribution is -2.11. The fraction of sp³-hybridized carbons (Fsp3) is 0.286. The number of phenolic OH excluding ortho intramolecular Hbond substituents is 2. The van der Waals surface area contributed by atoms with Crippen LogP contribution in [0.3, 0.4) is 0 Å². The fourth-order valence-corrected chi connectivity index (χ4v) is 3.02. The SMILES string of the molecule is COc1ccc(/C=C/C(=O)c2ccc(O)c(O)c2)cc1OC1CCCC1. The molecule has 5 heteroatoms. The van der Waals surface area contributed by atoms with Crippen molar-refractivity contribution in [2.45, 2.75) is 31.8 Å². The summed E-state index contributed by atoms with van der Waals surface area (Å²) >= 11 is 0. The molecule has 3 rings (SSSR count). The van der Waals surface area contributed by atoms with Gasteiger partial charge in [0.1, 0.15) is 0 Å². The normalized spacial score (nSPS) is 14.7. The molecular formula is C21H22O5. The van der Waals surface area contributed by atoms with Crippen molar-refractivity contribution in [2.24, 2.45) is 0 Å². The molecule has 0 saturated heterocycles. The van der Waals surface area contributed by atoms with E-state index in [4.69, 9.17) is 9.47 Å². The van der Waals surface area contributed by atoms with Crippen molar-refractivity contribution in [1.82, 2.24) is 0 Å². The van der Waals surface area contributed by atoms with Crippen LogP contribution in [0, 0.1) is 0 Å². The molecule has 2 aromatic rings. The summed E-state index contributed by atoms with van der Waals surface area (Å²) in [6, 6.07) is 9.51. The van der Waals surface area contributed by atoms with Crippen LogP contribution in [0.4, 0.5) is 0 Å². The number of methoxy groups -OCH3 is 1. The molecule has 26 heavy (non-hydrogen) atoms. The lowest BCUT2D eigenvalue weighted by molar-refractivity contribution is 0.104. The summed E-state index contributed by atoms with van der Waals surface area (Å²) < 4.78 is 11.4. The third-order valence-electron chi connectivity index (χ3n) is 4.47. The lowest BCUT2D eigenvalue weighted by atomic mass is 10.1. The molecule has 0 aliphatic heterocycles. The monoisotopic (exact) mass is 354 g/mol. The van der Waals surface area contributed by atoms with Gasteiger partial charge < -0.3 is 19.7 Å². The molecule has 0 heterocycles. The molecule has 0 radical (unpaired) electrons. The smallest absolute Gasteiger partial charge is 0.185 e. The number of carbonyl (C=O) groups excluding carboxylic acids is 1. The Labute approximate surface area is 152 Å². The van der Waals surface area contributed by atoms with Crippen LogP contribution in [-0.4, -0.2) is 29.2 Å². The maximum absolute atomic E-state index is 12.2. The summed E-state index contributed by atoms with van der Waals surface area (Å²) in [5.74, 6) is 0.504. The lowest BCUT2D eigenvalue weighted by Gasteiger charge is -2.16. The van der Waals surface area contributed by atoms with E-state index >= 15 is 0 Å². The van der Waals surface area contributed by atoms with Crippen molar-refractivity contribution in [1.29, 1.82) is 0 Å². The molecular weight excluding hydrogens is 332 g/mol. The predicted octanol–water partition coefficient (Wildman–Crippen LogP) is 4.32. The first kappa shape index (κ1) is 17.9. The number of rotatable bonds is 6. The van der Waals surface area contributed by atoms with Gasteiger partial charge in [0.05, 0.1) is 13.2 Å². The van der Waals surface area contributed by atoms with Gasteiger partial charge in [-0.25, -0.2) is 0 Å². The molecule has 0 bridgehead atoms. The van der Waals surface area contributed by atoms with Crippen LogP contribution in [0.15, 0.2) is 42.5 Å². The number of ketones is 1. The summed E-state index contributed by atoms with van der Waals surface area (Å²) in [6.07, 6.45) is 7.78. The van der Waals surface area contributed by atoms with E-state index in [1.54, 1.807) is 13.2 Å². The van der Waals surface area contributed by atoms with E-state index in [2.05, 4.69) is 0 Å². The first-order valence-corrected chi connectivity index (χ1v) is 8.66. The maximum atomic E-state index is 12.2. The van der Waals surface area contributed by atoms with Gasteiger partial charge in [-0.15, -0.1) is 0 Å². The molecule has 0 unspecified atom stereocenters. The standard InChI is InChI=1S/C21H22O5/c1-25-20-11-7-14(12-21(20)26-16-4-2-3-5-16)6-9-17(22)15-8-10-18(23)19(24)13-15/h6-13,16,23-24H,2-5H2,1H3/b9-6+. The highest BCUT2D eigenvalue weighted by Crippen LogP contribution is 2.33. The van der Waals surface area contributed by atoms with Gasteiger partial charge in [-0.3, -0.25) is 4.79 Å². The van der Waals surface area contributed by atoms with Crippen LogP contribution < -0.4 is 9.47 Å². The average molecular weight is 354 g/mol. The van der Waals surface area contributed by atoms with Crippen molar-refractivity contribution in [3.05, 3.63) is 53.6 Å². The van der Waals surface area contributed by atoms with Crippen molar-refractivity contribution in [3.63, 3.8) is 0 Å². The highest BCUT2D eigenvalue weighted by molar-refractivity contribution is 6.07. The molecule has 1 saturated carbocycles. The Kier molecular flexibility index (Phi) is 5.46. The highest BCUT2D eigenvalue weighted by atomic mass is 16.5. The van der Waals surface area contributed by atoms with Gasteiger partial charge >= 0.3 is 0 Å². The van der Waals surface area contributed by atoms with E-state index in [-0.39, 0.29) is 23.4 Å². The number of benzene rings is 2. The second kappa shape index (κ2) is 7.95. The zero-order valence-corrected chi connectivity index (χ0v) is 14.6. The topological polar surface area (TPSA) is 76.0 Å². The Hall–Kier alpha value is -2.95. The molecule has 1 fully saturated rings. The molecule has 2 aromatic carbocycles. The summed E-state index contributed by atoms with van der Waals surface area (Å²) in [7, 11) is 1.60. The second-order valence-corrected chi connectivity index (χ2v) is 6.34. The van der Waals surface area contributed by atoms with Crippen LogP contribution in [-0.2, 0) is 0 Å². The summed E-state index contributed by atoms with van der Waals surface area (Å²) in [5, 5.41) is 18.8. The molecule has 136 valence electrons. The van der Waals surface area contributed by atoms with E-state index in [9.17, 15) is 15.0 Å². The first-order chi connectivity index (χ1) is 12.6. The molecule has 1 aliphatic rings. The van der Waals surface area contributed by atoms with Gasteiger partial charge in [0.2, 0.25) is 0 Å². The van der Waals surface area contributed by atoms with E-state index < -0.39 is 0 Å². The molecule has 1 aliphatic carbocycles. The zero-order valence-electron chi connectivity index (χ0n) is 14.6. The number of hydrogen-bond acceptors (Lipinski definition) is 5. The third kappa shape index (κ3) is 4.17. The minimum Gasteiger partial charge on any atom is -0.504 e. The van der Waals surface area contributed by atoms with Crippen LogP contribution in [0.5, 0.6) is 23.0 Å². The Morgan fingerprint density at radius 1 is 1.04 bits per heavy atom. The summed E-state index contributed by atoms with van der Waals surface area (Å²) in [6.45, 7) is 0. The van der Waals surface area contributed by atoms with Crippen molar-refractivity contribution in [2.75, 3.05) is 7.11 Å².